The third kappa shape index (κ3) is 10.5. The van der Waals surface area contributed by atoms with E-state index in [-0.39, 0.29) is 30.0 Å². The van der Waals surface area contributed by atoms with Crippen LogP contribution in [-0.4, -0.2) is 33.3 Å². The van der Waals surface area contributed by atoms with Crippen molar-refractivity contribution < 1.29 is 18.8 Å². The molecule has 0 heterocycles. The minimum Gasteiger partial charge on any atom is -0.458 e. The van der Waals surface area contributed by atoms with Gasteiger partial charge in [-0.1, -0.05) is 153 Å². The highest BCUT2D eigenvalue weighted by Gasteiger charge is 2.50. The maximum Gasteiger partial charge on any atom is 0.306 e. The Kier molecular flexibility index (Phi) is 14.6. The Hall–Kier alpha value is -2.24. The Morgan fingerprint density at radius 1 is 0.658 bits per heavy atom. The molecule has 0 saturated carbocycles. The molecule has 210 valence electrons. The van der Waals surface area contributed by atoms with Crippen LogP contribution in [0.4, 0.5) is 0 Å². The van der Waals surface area contributed by atoms with Gasteiger partial charge in [-0.15, -0.1) is 0 Å². The molecule has 0 atom stereocenters. The first-order valence-electron chi connectivity index (χ1n) is 14.7. The summed E-state index contributed by atoms with van der Waals surface area (Å²) in [5.74, 6) is -0.495. The van der Waals surface area contributed by atoms with Crippen molar-refractivity contribution in [2.45, 2.75) is 110 Å². The lowest BCUT2D eigenvalue weighted by Crippen LogP contribution is -2.67. The van der Waals surface area contributed by atoms with E-state index in [0.717, 1.165) is 29.6 Å². The van der Waals surface area contributed by atoms with Crippen molar-refractivity contribution in [1.82, 2.24) is 0 Å². The van der Waals surface area contributed by atoms with E-state index in [2.05, 4.69) is 52.0 Å². The molecule has 0 radical (unpaired) electrons. The molecule has 0 aliphatic carbocycles. The zero-order valence-electron chi connectivity index (χ0n) is 24.3. The number of rotatable bonds is 19. The van der Waals surface area contributed by atoms with Gasteiger partial charge >= 0.3 is 5.97 Å². The predicted octanol–water partition coefficient (Wildman–Crippen LogP) is 7.38. The predicted molar refractivity (Wildman–Crippen MR) is 161 cm³/mol. The minimum absolute atomic E-state index is 0.0704. The first kappa shape index (κ1) is 32.0. The Labute approximate surface area is 232 Å². The highest BCUT2D eigenvalue weighted by molar-refractivity contribution is 6.99. The molecule has 0 spiro atoms. The summed E-state index contributed by atoms with van der Waals surface area (Å²) in [5, 5.41) is 2.04. The molecule has 0 bridgehead atoms. The molecule has 0 N–H and O–H groups in total. The smallest absolute Gasteiger partial charge is 0.306 e. The summed E-state index contributed by atoms with van der Waals surface area (Å²) in [6.45, 7) is 8.49. The molecule has 2 aromatic rings. The molecule has 0 aromatic heterocycles. The number of hydrogen-bond donors (Lipinski definition) is 0. The fourth-order valence-corrected chi connectivity index (χ4v) is 9.69. The van der Waals surface area contributed by atoms with Gasteiger partial charge < -0.3 is 9.16 Å². The lowest BCUT2D eigenvalue weighted by atomic mass is 10.1. The van der Waals surface area contributed by atoms with Crippen LogP contribution >= 0.6 is 0 Å². The number of esters is 1. The second kappa shape index (κ2) is 17.4. The van der Waals surface area contributed by atoms with Crippen LogP contribution in [0.5, 0.6) is 0 Å². The van der Waals surface area contributed by atoms with Gasteiger partial charge in [0, 0.05) is 6.42 Å². The molecule has 4 nitrogen and oxygen atoms in total. The van der Waals surface area contributed by atoms with E-state index in [1.165, 1.54) is 51.4 Å². The van der Waals surface area contributed by atoms with Crippen LogP contribution in [0.1, 0.15) is 105 Å². The van der Waals surface area contributed by atoms with Crippen molar-refractivity contribution in [2.24, 2.45) is 0 Å². The summed E-state index contributed by atoms with van der Waals surface area (Å²) in [5.41, 5.74) is 0. The fraction of sp³-hybridized carbons (Fsp3) is 0.576. The highest BCUT2D eigenvalue weighted by Crippen LogP contribution is 2.36. The molecule has 2 rings (SSSR count). The molecular formula is C33H50O4Si. The number of carbonyl (C=O) groups is 2. The normalized spacial score (nSPS) is 11.9. The molecule has 0 saturated heterocycles. The standard InChI is InChI=1S/C33H50O4Si/c1-5-6-7-8-9-10-11-12-13-14-21-26-32(35)36-27-29(34)28-37-38(33(2,3)4,30-22-17-15-18-23-30)31-24-19-16-20-25-31/h15-20,22-25H,5-14,21,26-28H2,1-4H3. The van der Waals surface area contributed by atoms with Crippen molar-refractivity contribution in [3.8, 4) is 0 Å². The van der Waals surface area contributed by atoms with E-state index in [1.807, 2.05) is 36.4 Å². The highest BCUT2D eigenvalue weighted by atomic mass is 28.4. The zero-order chi connectivity index (χ0) is 27.7. The second-order valence-electron chi connectivity index (χ2n) is 11.4. The molecule has 0 aliphatic heterocycles. The van der Waals surface area contributed by atoms with Gasteiger partial charge in [-0.3, -0.25) is 9.59 Å². The number of carbonyl (C=O) groups excluding carboxylic acids is 2. The number of ether oxygens (including phenoxy) is 1. The van der Waals surface area contributed by atoms with Crippen LogP contribution in [-0.2, 0) is 18.8 Å². The molecule has 2 aromatic carbocycles. The summed E-state index contributed by atoms with van der Waals surface area (Å²) in [6.07, 6.45) is 14.0. The number of hydrogen-bond acceptors (Lipinski definition) is 4. The van der Waals surface area contributed by atoms with Crippen LogP contribution in [0.15, 0.2) is 60.7 Å². The molecule has 0 fully saturated rings. The van der Waals surface area contributed by atoms with Gasteiger partial charge in [0.05, 0.1) is 6.61 Å². The van der Waals surface area contributed by atoms with Crippen LogP contribution in [0.2, 0.25) is 5.04 Å². The summed E-state index contributed by atoms with van der Waals surface area (Å²) >= 11 is 0. The average Bonchev–Trinajstić information content (AvgIpc) is 2.91. The van der Waals surface area contributed by atoms with Crippen LogP contribution < -0.4 is 10.4 Å². The van der Waals surface area contributed by atoms with Crippen LogP contribution in [0.3, 0.4) is 0 Å². The molecule has 0 amide bonds. The quantitative estimate of drug-likeness (QED) is 0.106. The van der Waals surface area contributed by atoms with Gasteiger partial charge in [0.25, 0.3) is 8.32 Å². The largest absolute Gasteiger partial charge is 0.458 e. The van der Waals surface area contributed by atoms with E-state index >= 15 is 0 Å². The van der Waals surface area contributed by atoms with E-state index in [1.54, 1.807) is 0 Å². The molecule has 5 heteroatoms. The molecular weight excluding hydrogens is 488 g/mol. The van der Waals surface area contributed by atoms with E-state index in [9.17, 15) is 9.59 Å². The SMILES string of the molecule is CCCCCCCCCCCCCC(=O)OCC(=O)CO[Si](c1ccccc1)(c1ccccc1)C(C)(C)C. The Bertz CT molecular complexity index is 882. The lowest BCUT2D eigenvalue weighted by Gasteiger charge is -2.42. The molecule has 38 heavy (non-hydrogen) atoms. The maximum atomic E-state index is 12.8. The second-order valence-corrected chi connectivity index (χ2v) is 15.7. The lowest BCUT2D eigenvalue weighted by molar-refractivity contribution is -0.148. The van der Waals surface area contributed by atoms with E-state index in [4.69, 9.17) is 9.16 Å². The van der Waals surface area contributed by atoms with Gasteiger partial charge in [-0.05, 0) is 21.8 Å². The third-order valence-electron chi connectivity index (χ3n) is 7.25. The summed E-state index contributed by atoms with van der Waals surface area (Å²) in [6, 6.07) is 20.5. The van der Waals surface area contributed by atoms with Crippen molar-refractivity contribution in [3.05, 3.63) is 60.7 Å². The Morgan fingerprint density at radius 2 is 1.11 bits per heavy atom. The third-order valence-corrected chi connectivity index (χ3v) is 12.2. The van der Waals surface area contributed by atoms with Gasteiger partial charge in [-0.25, -0.2) is 0 Å². The average molecular weight is 539 g/mol. The maximum absolute atomic E-state index is 12.8. The molecule has 0 aliphatic rings. The Morgan fingerprint density at radius 3 is 1.55 bits per heavy atom. The van der Waals surface area contributed by atoms with E-state index in [0.29, 0.717) is 6.42 Å². The minimum atomic E-state index is -2.78. The van der Waals surface area contributed by atoms with Gasteiger partial charge in [0.15, 0.2) is 12.4 Å². The summed E-state index contributed by atoms with van der Waals surface area (Å²) in [7, 11) is -2.78. The van der Waals surface area contributed by atoms with Gasteiger partial charge in [0.1, 0.15) is 0 Å². The zero-order valence-corrected chi connectivity index (χ0v) is 25.3. The summed E-state index contributed by atoms with van der Waals surface area (Å²) in [4.78, 5) is 25.0. The number of Topliss-reactive ketones (excluding diaryl/α,β-unsaturated/α-hetero) is 1. The first-order chi connectivity index (χ1) is 18.3. The fourth-order valence-electron chi connectivity index (χ4n) is 5.16. The monoisotopic (exact) mass is 538 g/mol. The molecule has 0 unspecified atom stereocenters. The number of unbranched alkanes of at least 4 members (excludes halogenated alkanes) is 10. The van der Waals surface area contributed by atoms with Crippen LogP contribution in [0.25, 0.3) is 0 Å². The van der Waals surface area contributed by atoms with Crippen LogP contribution in [0, 0.1) is 0 Å². The Balaban J connectivity index is 1.77. The number of benzene rings is 2. The summed E-state index contributed by atoms with van der Waals surface area (Å²) < 4.78 is 11.9. The topological polar surface area (TPSA) is 52.6 Å². The first-order valence-corrected chi connectivity index (χ1v) is 16.6. The number of ketones is 1. The van der Waals surface area contributed by atoms with Crippen molar-refractivity contribution in [1.29, 1.82) is 0 Å². The van der Waals surface area contributed by atoms with Crippen molar-refractivity contribution in [3.63, 3.8) is 0 Å². The van der Waals surface area contributed by atoms with Gasteiger partial charge in [0.2, 0.25) is 0 Å². The van der Waals surface area contributed by atoms with Gasteiger partial charge in [-0.2, -0.15) is 0 Å². The van der Waals surface area contributed by atoms with Crippen molar-refractivity contribution >= 4 is 30.4 Å². The van der Waals surface area contributed by atoms with Crippen molar-refractivity contribution in [2.75, 3.05) is 13.2 Å². The van der Waals surface area contributed by atoms with E-state index < -0.39 is 8.32 Å².